The van der Waals surface area contributed by atoms with Gasteiger partial charge >= 0.3 is 0 Å². The minimum absolute atomic E-state index is 0.502. The van der Waals surface area contributed by atoms with Crippen molar-refractivity contribution in [3.63, 3.8) is 0 Å². The van der Waals surface area contributed by atoms with Crippen LogP contribution in [0.2, 0.25) is 0 Å². The van der Waals surface area contributed by atoms with E-state index in [1.165, 1.54) is 24.0 Å². The Kier molecular flexibility index (Phi) is 6.37. The van der Waals surface area contributed by atoms with Crippen molar-refractivity contribution in [2.45, 2.75) is 25.4 Å². The van der Waals surface area contributed by atoms with Crippen molar-refractivity contribution in [2.24, 2.45) is 0 Å². The number of nitrogens with one attached hydrogen (secondary N) is 1. The fraction of sp³-hybridized carbons (Fsp3) is 0.417. The third-order valence-corrected chi connectivity index (χ3v) is 5.65. The van der Waals surface area contributed by atoms with Gasteiger partial charge in [-0.3, -0.25) is 4.90 Å². The molecule has 2 aliphatic rings. The van der Waals surface area contributed by atoms with Gasteiger partial charge in [0.2, 0.25) is 0 Å². The smallest absolute Gasteiger partial charge is 0.168 e. The molecule has 4 rings (SSSR count). The molecule has 29 heavy (non-hydrogen) atoms. The second kappa shape index (κ2) is 9.33. The number of fused-ring (bicyclic) bond motifs is 1. The van der Waals surface area contributed by atoms with Crippen molar-refractivity contribution in [1.29, 1.82) is 0 Å². The summed E-state index contributed by atoms with van der Waals surface area (Å²) in [6.07, 6.45) is 4.66. The maximum absolute atomic E-state index is 5.96. The van der Waals surface area contributed by atoms with Crippen molar-refractivity contribution in [3.05, 3.63) is 59.2 Å². The third kappa shape index (κ3) is 4.92. The maximum Gasteiger partial charge on any atom is 0.168 e. The van der Waals surface area contributed by atoms with E-state index in [4.69, 9.17) is 14.2 Å². The van der Waals surface area contributed by atoms with E-state index in [2.05, 4.69) is 40.6 Å². The van der Waals surface area contributed by atoms with E-state index in [1.54, 1.807) is 14.2 Å². The highest BCUT2D eigenvalue weighted by atomic mass is 16.5. The predicted octanol–water partition coefficient (Wildman–Crippen LogP) is 3.73. The molecular weight excluding hydrogens is 364 g/mol. The fourth-order valence-electron chi connectivity index (χ4n) is 4.16. The Balaban J connectivity index is 1.32. The lowest BCUT2D eigenvalue weighted by atomic mass is 10.0. The Morgan fingerprint density at radius 2 is 2.03 bits per heavy atom. The molecule has 5 heteroatoms. The molecule has 0 radical (unpaired) electrons. The molecule has 1 N–H and O–H groups in total. The summed E-state index contributed by atoms with van der Waals surface area (Å²) in [6, 6.07) is 14.9. The van der Waals surface area contributed by atoms with Crippen LogP contribution in [0.25, 0.3) is 6.08 Å². The molecular formula is C24H30N2O3. The van der Waals surface area contributed by atoms with Gasteiger partial charge < -0.3 is 19.5 Å². The van der Waals surface area contributed by atoms with Crippen molar-refractivity contribution in [2.75, 3.05) is 40.5 Å². The lowest BCUT2D eigenvalue weighted by molar-refractivity contribution is 0.184. The van der Waals surface area contributed by atoms with E-state index < -0.39 is 0 Å². The molecule has 0 amide bonds. The van der Waals surface area contributed by atoms with Crippen LogP contribution in [0.1, 0.15) is 24.0 Å². The summed E-state index contributed by atoms with van der Waals surface area (Å²) in [4.78, 5) is 2.53. The van der Waals surface area contributed by atoms with Crippen LogP contribution in [0.4, 0.5) is 0 Å². The fourth-order valence-corrected chi connectivity index (χ4v) is 4.16. The second-order valence-electron chi connectivity index (χ2n) is 7.78. The topological polar surface area (TPSA) is 43.0 Å². The molecule has 2 heterocycles. The molecule has 2 aromatic rings. The normalized spacial score (nSPS) is 19.1. The molecule has 5 nitrogen and oxygen atoms in total. The number of piperidine rings is 1. The zero-order chi connectivity index (χ0) is 20.1. The molecule has 154 valence electrons. The number of nitrogens with zero attached hydrogens (tertiary/aromatic N) is 1. The highest BCUT2D eigenvalue weighted by molar-refractivity contribution is 5.66. The maximum atomic E-state index is 5.96. The monoisotopic (exact) mass is 394 g/mol. The summed E-state index contributed by atoms with van der Waals surface area (Å²) in [5, 5.41) is 3.74. The van der Waals surface area contributed by atoms with E-state index in [9.17, 15) is 0 Å². The van der Waals surface area contributed by atoms with Crippen LogP contribution in [-0.2, 0) is 6.54 Å². The van der Waals surface area contributed by atoms with Gasteiger partial charge in [-0.25, -0.2) is 0 Å². The SMILES string of the molecule is COc1cccc(CN2CCC[C@H](NCC3=Cc4cccc(OC)c4OC3)C2)c1. The van der Waals surface area contributed by atoms with Gasteiger partial charge in [0, 0.05) is 31.2 Å². The number of ether oxygens (including phenoxy) is 3. The molecule has 2 aliphatic heterocycles. The van der Waals surface area contributed by atoms with Crippen LogP contribution < -0.4 is 19.5 Å². The number of benzene rings is 2. The Labute approximate surface area is 173 Å². The van der Waals surface area contributed by atoms with Gasteiger partial charge in [-0.05, 0) is 54.8 Å². The highest BCUT2D eigenvalue weighted by Crippen LogP contribution is 2.35. The minimum atomic E-state index is 0.502. The summed E-state index contributed by atoms with van der Waals surface area (Å²) < 4.78 is 16.7. The third-order valence-electron chi connectivity index (χ3n) is 5.65. The Bertz CT molecular complexity index is 865. The van der Waals surface area contributed by atoms with E-state index in [0.29, 0.717) is 12.6 Å². The summed E-state index contributed by atoms with van der Waals surface area (Å²) in [5.41, 5.74) is 3.67. The average Bonchev–Trinajstić information content (AvgIpc) is 2.77. The molecule has 0 spiro atoms. The first-order valence-corrected chi connectivity index (χ1v) is 10.3. The van der Waals surface area contributed by atoms with Crippen molar-refractivity contribution in [1.82, 2.24) is 10.2 Å². The van der Waals surface area contributed by atoms with Crippen molar-refractivity contribution in [3.8, 4) is 17.2 Å². The number of rotatable bonds is 7. The molecule has 1 fully saturated rings. The number of methoxy groups -OCH3 is 2. The summed E-state index contributed by atoms with van der Waals surface area (Å²) in [7, 11) is 3.40. The number of hydrogen-bond donors (Lipinski definition) is 1. The molecule has 1 atom stereocenters. The molecule has 0 aliphatic carbocycles. The molecule has 0 bridgehead atoms. The molecule has 0 saturated carbocycles. The first-order valence-electron chi connectivity index (χ1n) is 10.3. The van der Waals surface area contributed by atoms with E-state index in [-0.39, 0.29) is 0 Å². The lowest BCUT2D eigenvalue weighted by Gasteiger charge is -2.33. The van der Waals surface area contributed by atoms with Crippen LogP contribution in [-0.4, -0.2) is 51.4 Å². The predicted molar refractivity (Wildman–Crippen MR) is 116 cm³/mol. The Morgan fingerprint density at radius 1 is 1.14 bits per heavy atom. The van der Waals surface area contributed by atoms with E-state index >= 15 is 0 Å². The number of hydrogen-bond acceptors (Lipinski definition) is 5. The van der Waals surface area contributed by atoms with Crippen LogP contribution in [0.15, 0.2) is 48.0 Å². The summed E-state index contributed by atoms with van der Waals surface area (Å²) in [5.74, 6) is 2.57. The second-order valence-corrected chi connectivity index (χ2v) is 7.78. The number of likely N-dealkylation sites (tertiary alicyclic amines) is 1. The standard InChI is InChI=1S/C24H30N2O3/c1-27-22-9-3-6-18(13-22)15-26-11-5-8-21(16-26)25-14-19-12-20-7-4-10-23(28-2)24(20)29-17-19/h3-4,6-7,9-10,12-13,21,25H,5,8,11,14-17H2,1-2H3/t21-/m0/s1. The molecule has 0 aromatic heterocycles. The van der Waals surface area contributed by atoms with Crippen LogP contribution in [0, 0.1) is 0 Å². The first-order chi connectivity index (χ1) is 14.2. The van der Waals surface area contributed by atoms with Gasteiger partial charge in [0.25, 0.3) is 0 Å². The lowest BCUT2D eigenvalue weighted by Crippen LogP contribution is -2.46. The van der Waals surface area contributed by atoms with E-state index in [1.807, 2.05) is 18.2 Å². The number of para-hydroxylation sites is 1. The first kappa shape index (κ1) is 19.8. The van der Waals surface area contributed by atoms with Crippen molar-refractivity contribution < 1.29 is 14.2 Å². The van der Waals surface area contributed by atoms with Crippen molar-refractivity contribution >= 4 is 6.08 Å². The van der Waals surface area contributed by atoms with Gasteiger partial charge in [0.1, 0.15) is 12.4 Å². The van der Waals surface area contributed by atoms with Crippen LogP contribution >= 0.6 is 0 Å². The van der Waals surface area contributed by atoms with Gasteiger partial charge in [0.05, 0.1) is 14.2 Å². The van der Waals surface area contributed by atoms with Gasteiger partial charge in [-0.15, -0.1) is 0 Å². The molecule has 2 aromatic carbocycles. The molecule has 1 saturated heterocycles. The van der Waals surface area contributed by atoms with Gasteiger partial charge in [-0.1, -0.05) is 24.3 Å². The zero-order valence-electron chi connectivity index (χ0n) is 17.3. The zero-order valence-corrected chi connectivity index (χ0v) is 17.3. The Hall–Kier alpha value is -2.50. The van der Waals surface area contributed by atoms with Gasteiger partial charge in [-0.2, -0.15) is 0 Å². The quantitative estimate of drug-likeness (QED) is 0.775. The minimum Gasteiger partial charge on any atom is -0.497 e. The van der Waals surface area contributed by atoms with Crippen LogP contribution in [0.3, 0.4) is 0 Å². The van der Waals surface area contributed by atoms with Crippen LogP contribution in [0.5, 0.6) is 17.2 Å². The average molecular weight is 395 g/mol. The summed E-state index contributed by atoms with van der Waals surface area (Å²) >= 11 is 0. The van der Waals surface area contributed by atoms with Gasteiger partial charge in [0.15, 0.2) is 11.5 Å². The largest absolute Gasteiger partial charge is 0.497 e. The highest BCUT2D eigenvalue weighted by Gasteiger charge is 2.21. The summed E-state index contributed by atoms with van der Waals surface area (Å²) in [6.45, 7) is 4.65. The molecule has 0 unspecified atom stereocenters. The Morgan fingerprint density at radius 3 is 2.90 bits per heavy atom. The van der Waals surface area contributed by atoms with E-state index in [0.717, 1.165) is 49.0 Å².